The maximum absolute atomic E-state index is 13.2. The van der Waals surface area contributed by atoms with Crippen LogP contribution in [-0.4, -0.2) is 61.4 Å². The SMILES string of the molecule is O=C(C(c1ccccc1)N1CCC(C2OCCO2)CC1)N1CCCC1. The number of amides is 1. The molecule has 1 atom stereocenters. The van der Waals surface area contributed by atoms with Crippen molar-refractivity contribution in [3.63, 3.8) is 0 Å². The van der Waals surface area contributed by atoms with Gasteiger partial charge in [0.2, 0.25) is 5.91 Å². The molecular weight excluding hydrogens is 316 g/mol. The quantitative estimate of drug-likeness (QED) is 0.841. The van der Waals surface area contributed by atoms with Crippen LogP contribution in [0.15, 0.2) is 30.3 Å². The van der Waals surface area contributed by atoms with Crippen LogP contribution in [0, 0.1) is 5.92 Å². The Morgan fingerprint density at radius 3 is 2.24 bits per heavy atom. The lowest BCUT2D eigenvalue weighted by atomic mass is 9.93. The van der Waals surface area contributed by atoms with Gasteiger partial charge < -0.3 is 14.4 Å². The third kappa shape index (κ3) is 3.73. The first kappa shape index (κ1) is 17.0. The van der Waals surface area contributed by atoms with Crippen molar-refractivity contribution in [3.8, 4) is 0 Å². The predicted octanol–water partition coefficient (Wildman–Crippen LogP) is 2.44. The first-order valence-electron chi connectivity index (χ1n) is 9.64. The summed E-state index contributed by atoms with van der Waals surface area (Å²) in [7, 11) is 0. The summed E-state index contributed by atoms with van der Waals surface area (Å²) in [6.07, 6.45) is 4.28. The molecule has 0 aromatic heterocycles. The second kappa shape index (κ2) is 7.85. The lowest BCUT2D eigenvalue weighted by Gasteiger charge is -2.39. The molecule has 5 nitrogen and oxygen atoms in total. The van der Waals surface area contributed by atoms with E-state index in [4.69, 9.17) is 9.47 Å². The third-order valence-corrected chi connectivity index (χ3v) is 5.74. The van der Waals surface area contributed by atoms with Gasteiger partial charge >= 0.3 is 0 Å². The van der Waals surface area contributed by atoms with Gasteiger partial charge in [0.25, 0.3) is 0 Å². The molecule has 0 bridgehead atoms. The first-order valence-corrected chi connectivity index (χ1v) is 9.64. The molecule has 0 spiro atoms. The minimum atomic E-state index is -0.148. The zero-order chi connectivity index (χ0) is 17.1. The molecule has 3 saturated heterocycles. The Balaban J connectivity index is 1.47. The first-order chi connectivity index (χ1) is 12.3. The monoisotopic (exact) mass is 344 g/mol. The molecule has 3 fully saturated rings. The highest BCUT2D eigenvalue weighted by Crippen LogP contribution is 2.32. The van der Waals surface area contributed by atoms with E-state index < -0.39 is 0 Å². The van der Waals surface area contributed by atoms with Gasteiger partial charge in [0.15, 0.2) is 6.29 Å². The van der Waals surface area contributed by atoms with E-state index in [1.165, 1.54) is 0 Å². The van der Waals surface area contributed by atoms with Gasteiger partial charge in [0, 0.05) is 19.0 Å². The number of likely N-dealkylation sites (tertiary alicyclic amines) is 2. The van der Waals surface area contributed by atoms with Crippen molar-refractivity contribution < 1.29 is 14.3 Å². The van der Waals surface area contributed by atoms with Crippen LogP contribution in [0.5, 0.6) is 0 Å². The second-order valence-corrected chi connectivity index (χ2v) is 7.33. The fourth-order valence-corrected chi connectivity index (χ4v) is 4.35. The Morgan fingerprint density at radius 2 is 1.60 bits per heavy atom. The molecule has 25 heavy (non-hydrogen) atoms. The molecule has 3 heterocycles. The van der Waals surface area contributed by atoms with E-state index in [0.717, 1.165) is 57.4 Å². The molecule has 1 aromatic carbocycles. The van der Waals surface area contributed by atoms with Gasteiger partial charge in [0.1, 0.15) is 6.04 Å². The topological polar surface area (TPSA) is 42.0 Å². The van der Waals surface area contributed by atoms with Gasteiger partial charge in [0.05, 0.1) is 13.2 Å². The summed E-state index contributed by atoms with van der Waals surface area (Å²) in [6, 6.07) is 10.1. The number of carbonyl (C=O) groups excluding carboxylic acids is 1. The van der Waals surface area contributed by atoms with Crippen LogP contribution < -0.4 is 0 Å². The largest absolute Gasteiger partial charge is 0.350 e. The molecule has 1 amide bonds. The Morgan fingerprint density at radius 1 is 0.960 bits per heavy atom. The van der Waals surface area contributed by atoms with E-state index in [9.17, 15) is 4.79 Å². The van der Waals surface area contributed by atoms with E-state index >= 15 is 0 Å². The van der Waals surface area contributed by atoms with Crippen LogP contribution in [0.2, 0.25) is 0 Å². The second-order valence-electron chi connectivity index (χ2n) is 7.33. The highest BCUT2D eigenvalue weighted by atomic mass is 16.7. The van der Waals surface area contributed by atoms with Crippen molar-refractivity contribution >= 4 is 5.91 Å². The zero-order valence-electron chi connectivity index (χ0n) is 14.8. The molecule has 4 rings (SSSR count). The molecule has 0 N–H and O–H groups in total. The summed E-state index contributed by atoms with van der Waals surface area (Å²) in [5, 5.41) is 0. The fourth-order valence-electron chi connectivity index (χ4n) is 4.35. The van der Waals surface area contributed by atoms with Crippen LogP contribution in [0.4, 0.5) is 0 Å². The number of hydrogen-bond acceptors (Lipinski definition) is 4. The smallest absolute Gasteiger partial charge is 0.244 e. The molecule has 3 aliphatic heterocycles. The summed E-state index contributed by atoms with van der Waals surface area (Å²) in [5.41, 5.74) is 1.12. The molecule has 136 valence electrons. The minimum Gasteiger partial charge on any atom is -0.350 e. The van der Waals surface area contributed by atoms with Gasteiger partial charge in [-0.05, 0) is 44.3 Å². The van der Waals surface area contributed by atoms with Crippen LogP contribution in [-0.2, 0) is 14.3 Å². The minimum absolute atomic E-state index is 0.0355. The van der Waals surface area contributed by atoms with Crippen molar-refractivity contribution in [3.05, 3.63) is 35.9 Å². The number of carbonyl (C=O) groups is 1. The number of piperidine rings is 1. The van der Waals surface area contributed by atoms with E-state index in [0.29, 0.717) is 19.1 Å². The number of ether oxygens (including phenoxy) is 2. The Kier molecular flexibility index (Phi) is 5.34. The van der Waals surface area contributed by atoms with Gasteiger partial charge in [-0.1, -0.05) is 30.3 Å². The Bertz CT molecular complexity index is 560. The van der Waals surface area contributed by atoms with Crippen molar-refractivity contribution in [2.24, 2.45) is 5.92 Å². The van der Waals surface area contributed by atoms with Crippen LogP contribution in [0.1, 0.15) is 37.3 Å². The van der Waals surface area contributed by atoms with Crippen LogP contribution in [0.3, 0.4) is 0 Å². The maximum atomic E-state index is 13.2. The van der Waals surface area contributed by atoms with Crippen molar-refractivity contribution in [1.29, 1.82) is 0 Å². The molecule has 1 aromatic rings. The standard InChI is InChI=1S/C20H28N2O3/c23-19(22-10-4-5-11-22)18(16-6-2-1-3-7-16)21-12-8-17(9-13-21)20-24-14-15-25-20/h1-3,6-7,17-18,20H,4-5,8-15H2. The Hall–Kier alpha value is -1.43. The van der Waals surface area contributed by atoms with E-state index in [1.807, 2.05) is 23.1 Å². The van der Waals surface area contributed by atoms with Crippen LogP contribution >= 0.6 is 0 Å². The van der Waals surface area contributed by atoms with Crippen molar-refractivity contribution in [2.75, 3.05) is 39.4 Å². The van der Waals surface area contributed by atoms with Gasteiger partial charge in [-0.2, -0.15) is 0 Å². The molecule has 0 saturated carbocycles. The predicted molar refractivity (Wildman–Crippen MR) is 95.0 cm³/mol. The van der Waals surface area contributed by atoms with Gasteiger partial charge in [-0.25, -0.2) is 0 Å². The maximum Gasteiger partial charge on any atom is 0.244 e. The summed E-state index contributed by atoms with van der Waals surface area (Å²) >= 11 is 0. The molecule has 3 aliphatic rings. The molecule has 1 unspecified atom stereocenters. The number of rotatable bonds is 4. The highest BCUT2D eigenvalue weighted by molar-refractivity contribution is 5.83. The van der Waals surface area contributed by atoms with E-state index in [-0.39, 0.29) is 18.2 Å². The van der Waals surface area contributed by atoms with Crippen LogP contribution in [0.25, 0.3) is 0 Å². The Labute approximate surface area is 149 Å². The van der Waals surface area contributed by atoms with Crippen molar-refractivity contribution in [1.82, 2.24) is 9.80 Å². The summed E-state index contributed by atoms with van der Waals surface area (Å²) in [6.45, 7) is 5.08. The van der Waals surface area contributed by atoms with Gasteiger partial charge in [-0.15, -0.1) is 0 Å². The molecular formula is C20H28N2O3. The van der Waals surface area contributed by atoms with E-state index in [1.54, 1.807) is 0 Å². The lowest BCUT2D eigenvalue weighted by Crippen LogP contribution is -2.46. The summed E-state index contributed by atoms with van der Waals surface area (Å²) < 4.78 is 11.4. The van der Waals surface area contributed by atoms with Crippen molar-refractivity contribution in [2.45, 2.75) is 38.0 Å². The summed E-state index contributed by atoms with van der Waals surface area (Å²) in [4.78, 5) is 17.6. The molecule has 0 radical (unpaired) electrons. The van der Waals surface area contributed by atoms with Gasteiger partial charge in [-0.3, -0.25) is 9.69 Å². The lowest BCUT2D eigenvalue weighted by molar-refractivity contribution is -0.138. The molecule has 5 heteroatoms. The summed E-state index contributed by atoms with van der Waals surface area (Å²) in [5.74, 6) is 0.729. The number of hydrogen-bond donors (Lipinski definition) is 0. The normalized spacial score (nSPS) is 24.7. The molecule has 0 aliphatic carbocycles. The van der Waals surface area contributed by atoms with E-state index in [2.05, 4.69) is 17.0 Å². The zero-order valence-corrected chi connectivity index (χ0v) is 14.8. The number of benzene rings is 1. The number of nitrogens with zero attached hydrogens (tertiary/aromatic N) is 2. The third-order valence-electron chi connectivity index (χ3n) is 5.74. The fraction of sp³-hybridized carbons (Fsp3) is 0.650. The average Bonchev–Trinajstić information content (AvgIpc) is 3.37. The highest BCUT2D eigenvalue weighted by Gasteiger charge is 2.37. The average molecular weight is 344 g/mol.